The summed E-state index contributed by atoms with van der Waals surface area (Å²) in [6, 6.07) is 5.89. The minimum atomic E-state index is 0. The SMILES string of the molecule is Cl.Cl.NCc1cn2ccccc2n1. The van der Waals surface area contributed by atoms with Gasteiger partial charge in [-0.15, -0.1) is 24.8 Å². The highest BCUT2D eigenvalue weighted by atomic mass is 35.5. The second-order valence-corrected chi connectivity index (χ2v) is 2.40. The summed E-state index contributed by atoms with van der Waals surface area (Å²) in [6.45, 7) is 0.502. The summed E-state index contributed by atoms with van der Waals surface area (Å²) < 4.78 is 1.96. The van der Waals surface area contributed by atoms with Gasteiger partial charge in [-0.2, -0.15) is 0 Å². The second-order valence-electron chi connectivity index (χ2n) is 2.40. The summed E-state index contributed by atoms with van der Waals surface area (Å²) in [6.07, 6.45) is 3.90. The lowest BCUT2D eigenvalue weighted by Gasteiger charge is -1.86. The zero-order chi connectivity index (χ0) is 7.68. The van der Waals surface area contributed by atoms with Gasteiger partial charge in [-0.25, -0.2) is 4.98 Å². The first kappa shape index (κ1) is 12.2. The Morgan fingerprint density at radius 2 is 2.08 bits per heavy atom. The summed E-state index contributed by atoms with van der Waals surface area (Å²) in [7, 11) is 0. The minimum Gasteiger partial charge on any atom is -0.325 e. The van der Waals surface area contributed by atoms with Crippen molar-refractivity contribution in [2.45, 2.75) is 6.54 Å². The maximum atomic E-state index is 5.44. The van der Waals surface area contributed by atoms with Crippen molar-refractivity contribution in [2.75, 3.05) is 0 Å². The monoisotopic (exact) mass is 219 g/mol. The lowest BCUT2D eigenvalue weighted by atomic mass is 10.5. The zero-order valence-corrected chi connectivity index (χ0v) is 8.52. The smallest absolute Gasteiger partial charge is 0.137 e. The van der Waals surface area contributed by atoms with Gasteiger partial charge in [-0.3, -0.25) is 0 Å². The van der Waals surface area contributed by atoms with E-state index >= 15 is 0 Å². The summed E-state index contributed by atoms with van der Waals surface area (Å²) >= 11 is 0. The van der Waals surface area contributed by atoms with Crippen LogP contribution in [0.25, 0.3) is 5.65 Å². The van der Waals surface area contributed by atoms with Crippen molar-refractivity contribution in [3.05, 3.63) is 36.3 Å². The van der Waals surface area contributed by atoms with E-state index in [-0.39, 0.29) is 24.8 Å². The first-order valence-corrected chi connectivity index (χ1v) is 3.53. The van der Waals surface area contributed by atoms with Crippen LogP contribution in [0.15, 0.2) is 30.6 Å². The van der Waals surface area contributed by atoms with Crippen molar-refractivity contribution in [1.29, 1.82) is 0 Å². The average Bonchev–Trinajstić information content (AvgIpc) is 2.46. The van der Waals surface area contributed by atoms with Gasteiger partial charge < -0.3 is 10.1 Å². The standard InChI is InChI=1S/C8H9N3.2ClH/c9-5-7-6-11-4-2-1-3-8(11)10-7;;/h1-4,6H,5,9H2;2*1H. The molecule has 2 heterocycles. The topological polar surface area (TPSA) is 43.3 Å². The van der Waals surface area contributed by atoms with Gasteiger partial charge in [0.25, 0.3) is 0 Å². The molecule has 2 aromatic heterocycles. The number of pyridine rings is 1. The third kappa shape index (κ3) is 2.34. The fourth-order valence-corrected chi connectivity index (χ4v) is 1.09. The maximum absolute atomic E-state index is 5.44. The van der Waals surface area contributed by atoms with E-state index in [1.54, 1.807) is 0 Å². The largest absolute Gasteiger partial charge is 0.325 e. The summed E-state index contributed by atoms with van der Waals surface area (Å²) in [5.74, 6) is 0. The molecule has 0 aromatic carbocycles. The van der Waals surface area contributed by atoms with E-state index in [0.717, 1.165) is 11.3 Å². The van der Waals surface area contributed by atoms with E-state index in [9.17, 15) is 0 Å². The molecule has 0 radical (unpaired) electrons. The molecule has 0 aliphatic carbocycles. The number of rotatable bonds is 1. The Morgan fingerprint density at radius 1 is 1.31 bits per heavy atom. The van der Waals surface area contributed by atoms with Crippen LogP contribution in [0.5, 0.6) is 0 Å². The number of fused-ring (bicyclic) bond motifs is 1. The Hall–Kier alpha value is -0.770. The molecule has 0 spiro atoms. The van der Waals surface area contributed by atoms with Gasteiger partial charge in [-0.05, 0) is 12.1 Å². The highest BCUT2D eigenvalue weighted by Crippen LogP contribution is 2.02. The number of hydrogen-bond acceptors (Lipinski definition) is 2. The minimum absolute atomic E-state index is 0. The van der Waals surface area contributed by atoms with Gasteiger partial charge in [0.2, 0.25) is 0 Å². The molecule has 0 aliphatic rings. The number of imidazole rings is 1. The van der Waals surface area contributed by atoms with E-state index in [1.807, 2.05) is 35.0 Å². The average molecular weight is 220 g/mol. The van der Waals surface area contributed by atoms with Crippen LogP contribution in [0, 0.1) is 0 Å². The quantitative estimate of drug-likeness (QED) is 0.793. The lowest BCUT2D eigenvalue weighted by Crippen LogP contribution is -1.95. The van der Waals surface area contributed by atoms with E-state index in [4.69, 9.17) is 5.73 Å². The normalized spacial score (nSPS) is 9.00. The lowest BCUT2D eigenvalue weighted by molar-refractivity contribution is 1.02. The van der Waals surface area contributed by atoms with Gasteiger partial charge in [0.15, 0.2) is 0 Å². The molecule has 0 saturated carbocycles. The Balaban J connectivity index is 0.000000720. The van der Waals surface area contributed by atoms with Crippen LogP contribution >= 0.6 is 24.8 Å². The molecule has 0 amide bonds. The van der Waals surface area contributed by atoms with Crippen molar-refractivity contribution >= 4 is 30.5 Å². The molecule has 0 unspecified atom stereocenters. The Kier molecular flexibility index (Phi) is 4.77. The second kappa shape index (κ2) is 5.07. The molecule has 5 heteroatoms. The molecule has 2 N–H and O–H groups in total. The Labute approximate surface area is 88.8 Å². The van der Waals surface area contributed by atoms with Gasteiger partial charge in [0.05, 0.1) is 5.69 Å². The van der Waals surface area contributed by atoms with Crippen LogP contribution in [0.3, 0.4) is 0 Å². The first-order chi connectivity index (χ1) is 5.40. The first-order valence-electron chi connectivity index (χ1n) is 3.53. The van der Waals surface area contributed by atoms with Crippen LogP contribution < -0.4 is 5.73 Å². The molecule has 0 fully saturated rings. The molecule has 13 heavy (non-hydrogen) atoms. The van der Waals surface area contributed by atoms with Crippen molar-refractivity contribution in [3.63, 3.8) is 0 Å². The molecule has 0 saturated heterocycles. The van der Waals surface area contributed by atoms with Gasteiger partial charge >= 0.3 is 0 Å². The molecule has 72 valence electrons. The molecule has 0 bridgehead atoms. The van der Waals surface area contributed by atoms with E-state index in [1.165, 1.54) is 0 Å². The van der Waals surface area contributed by atoms with Crippen LogP contribution in [-0.2, 0) is 6.54 Å². The summed E-state index contributed by atoms with van der Waals surface area (Å²) in [5, 5.41) is 0. The van der Waals surface area contributed by atoms with Gasteiger partial charge in [0.1, 0.15) is 5.65 Å². The van der Waals surface area contributed by atoms with Gasteiger partial charge in [0, 0.05) is 18.9 Å². The molecular weight excluding hydrogens is 209 g/mol. The fraction of sp³-hybridized carbons (Fsp3) is 0.125. The zero-order valence-electron chi connectivity index (χ0n) is 6.88. The summed E-state index contributed by atoms with van der Waals surface area (Å²) in [5.41, 5.74) is 7.32. The number of nitrogens with two attached hydrogens (primary N) is 1. The van der Waals surface area contributed by atoms with Crippen LogP contribution in [0.2, 0.25) is 0 Å². The fourth-order valence-electron chi connectivity index (χ4n) is 1.09. The molecule has 3 nitrogen and oxygen atoms in total. The number of halogens is 2. The van der Waals surface area contributed by atoms with Crippen LogP contribution in [0.4, 0.5) is 0 Å². The third-order valence-electron chi connectivity index (χ3n) is 1.62. The van der Waals surface area contributed by atoms with Crippen molar-refractivity contribution in [2.24, 2.45) is 5.73 Å². The van der Waals surface area contributed by atoms with Crippen LogP contribution in [-0.4, -0.2) is 9.38 Å². The van der Waals surface area contributed by atoms with E-state index < -0.39 is 0 Å². The predicted molar refractivity (Wildman–Crippen MR) is 57.6 cm³/mol. The molecule has 2 aromatic rings. The highest BCUT2D eigenvalue weighted by molar-refractivity contribution is 5.85. The van der Waals surface area contributed by atoms with Crippen molar-refractivity contribution in [3.8, 4) is 0 Å². The van der Waals surface area contributed by atoms with Gasteiger partial charge in [-0.1, -0.05) is 6.07 Å². The van der Waals surface area contributed by atoms with E-state index in [0.29, 0.717) is 6.54 Å². The van der Waals surface area contributed by atoms with Crippen LogP contribution in [0.1, 0.15) is 5.69 Å². The molecule has 2 rings (SSSR count). The maximum Gasteiger partial charge on any atom is 0.137 e. The highest BCUT2D eigenvalue weighted by Gasteiger charge is 1.95. The predicted octanol–water partition coefficient (Wildman–Crippen LogP) is 1.64. The number of hydrogen-bond donors (Lipinski definition) is 1. The Bertz CT molecular complexity index is 339. The van der Waals surface area contributed by atoms with E-state index in [2.05, 4.69) is 4.98 Å². The number of aromatic nitrogens is 2. The number of nitrogens with zero attached hydrogens (tertiary/aromatic N) is 2. The molecule has 0 atom stereocenters. The van der Waals surface area contributed by atoms with Crippen molar-refractivity contribution < 1.29 is 0 Å². The molecular formula is C8H11Cl2N3. The summed E-state index contributed by atoms with van der Waals surface area (Å²) in [4.78, 5) is 4.27. The van der Waals surface area contributed by atoms with Crippen molar-refractivity contribution in [1.82, 2.24) is 9.38 Å². The molecule has 0 aliphatic heterocycles. The third-order valence-corrected chi connectivity index (χ3v) is 1.62. The Morgan fingerprint density at radius 3 is 2.69 bits per heavy atom.